The van der Waals surface area contributed by atoms with E-state index in [2.05, 4.69) is 0 Å². The molecule has 21 heavy (non-hydrogen) atoms. The van der Waals surface area contributed by atoms with E-state index in [1.54, 1.807) is 4.72 Å². The average molecular weight is 343 g/mol. The summed E-state index contributed by atoms with van der Waals surface area (Å²) in [5.41, 5.74) is -0.553. The van der Waals surface area contributed by atoms with Gasteiger partial charge in [0.2, 0.25) is 19.9 Å². The molecule has 0 unspecified atom stereocenters. The minimum atomic E-state index is -4.99. The van der Waals surface area contributed by atoms with E-state index in [0.29, 0.717) is 0 Å². The van der Waals surface area contributed by atoms with Gasteiger partial charge in [0.05, 0.1) is 22.8 Å². The number of alkyl halides is 2. The molecule has 0 aliphatic rings. The summed E-state index contributed by atoms with van der Waals surface area (Å²) < 4.78 is 72.9. The van der Waals surface area contributed by atoms with Crippen LogP contribution in [0, 0.1) is 0 Å². The molecule has 0 saturated heterocycles. The third-order valence-electron chi connectivity index (χ3n) is 2.28. The van der Waals surface area contributed by atoms with Crippen LogP contribution in [0.3, 0.4) is 0 Å². The van der Waals surface area contributed by atoms with Gasteiger partial charge in [-0.3, -0.25) is 9.52 Å². The van der Waals surface area contributed by atoms with Crippen LogP contribution >= 0.6 is 0 Å². The minimum absolute atomic E-state index is 0.553. The Morgan fingerprint density at radius 3 is 2.29 bits per heavy atom. The molecule has 1 aromatic rings. The van der Waals surface area contributed by atoms with Crippen LogP contribution in [0.4, 0.5) is 14.5 Å². The molecular formula is C10H11F2NO6S2. The Balaban J connectivity index is 3.14. The standard InChI is InChI=1S/C10H11F2NO6S2/c11-10(12)21(18,19)8-4-2-1-3-7(8)13-20(16,17)6-5-9(14)15/h1-4,10,13H,5-6H2,(H,14,15). The van der Waals surface area contributed by atoms with Gasteiger partial charge in [0, 0.05) is 0 Å². The molecule has 1 rings (SSSR count). The second-order valence-electron chi connectivity index (χ2n) is 3.87. The van der Waals surface area contributed by atoms with Crippen LogP contribution in [0.2, 0.25) is 0 Å². The highest BCUT2D eigenvalue weighted by Crippen LogP contribution is 2.26. The first kappa shape index (κ1) is 17.3. The van der Waals surface area contributed by atoms with Crippen molar-refractivity contribution in [2.75, 3.05) is 10.5 Å². The van der Waals surface area contributed by atoms with Crippen molar-refractivity contribution >= 4 is 31.5 Å². The van der Waals surface area contributed by atoms with Gasteiger partial charge in [-0.05, 0) is 12.1 Å². The van der Waals surface area contributed by atoms with Crippen LogP contribution in [-0.2, 0) is 24.7 Å². The number of sulfonamides is 1. The number of nitrogens with one attached hydrogen (secondary N) is 1. The third-order valence-corrected chi connectivity index (χ3v) is 4.99. The molecule has 0 bridgehead atoms. The van der Waals surface area contributed by atoms with E-state index in [0.717, 1.165) is 18.2 Å². The molecule has 0 aliphatic carbocycles. The van der Waals surface area contributed by atoms with Crippen LogP contribution in [0.5, 0.6) is 0 Å². The largest absolute Gasteiger partial charge is 0.481 e. The zero-order chi connectivity index (χ0) is 16.3. The fourth-order valence-corrected chi connectivity index (χ4v) is 3.34. The lowest BCUT2D eigenvalue weighted by Crippen LogP contribution is -2.21. The molecule has 0 aromatic heterocycles. The minimum Gasteiger partial charge on any atom is -0.481 e. The van der Waals surface area contributed by atoms with E-state index >= 15 is 0 Å². The normalized spacial score (nSPS) is 12.3. The maximum absolute atomic E-state index is 12.5. The summed E-state index contributed by atoms with van der Waals surface area (Å²) in [6.07, 6.45) is -0.709. The van der Waals surface area contributed by atoms with E-state index in [9.17, 15) is 30.4 Å². The molecule has 0 fully saturated rings. The van der Waals surface area contributed by atoms with Gasteiger partial charge in [0.15, 0.2) is 0 Å². The number of carboxylic acid groups (broad SMARTS) is 1. The van der Waals surface area contributed by atoms with E-state index in [-0.39, 0.29) is 0 Å². The lowest BCUT2D eigenvalue weighted by Gasteiger charge is -2.12. The molecule has 7 nitrogen and oxygen atoms in total. The molecule has 1 aromatic carbocycles. The summed E-state index contributed by atoms with van der Waals surface area (Å²) in [6, 6.07) is 4.23. The lowest BCUT2D eigenvalue weighted by molar-refractivity contribution is -0.136. The van der Waals surface area contributed by atoms with E-state index in [1.165, 1.54) is 6.07 Å². The van der Waals surface area contributed by atoms with Crippen molar-refractivity contribution in [3.8, 4) is 0 Å². The average Bonchev–Trinajstić information content (AvgIpc) is 2.36. The Morgan fingerprint density at radius 1 is 1.19 bits per heavy atom. The highest BCUT2D eigenvalue weighted by Gasteiger charge is 2.30. The molecule has 0 saturated carbocycles. The number of halogens is 2. The number of anilines is 1. The number of carboxylic acids is 1. The number of hydrogen-bond donors (Lipinski definition) is 2. The SMILES string of the molecule is O=C(O)CCS(=O)(=O)Nc1ccccc1S(=O)(=O)C(F)F. The number of sulfone groups is 1. The van der Waals surface area contributed by atoms with Crippen LogP contribution in [0.1, 0.15) is 6.42 Å². The number of benzene rings is 1. The van der Waals surface area contributed by atoms with Crippen LogP contribution < -0.4 is 4.72 Å². The zero-order valence-corrected chi connectivity index (χ0v) is 12.0. The Labute approximate surface area is 119 Å². The van der Waals surface area contributed by atoms with E-state index in [4.69, 9.17) is 5.11 Å². The second-order valence-corrected chi connectivity index (χ2v) is 7.59. The molecule has 0 atom stereocenters. The third kappa shape index (κ3) is 4.63. The topological polar surface area (TPSA) is 118 Å². The number of rotatable bonds is 7. The number of aliphatic carboxylic acids is 1. The Morgan fingerprint density at radius 2 is 1.76 bits per heavy atom. The zero-order valence-electron chi connectivity index (χ0n) is 10.4. The number of para-hydroxylation sites is 1. The van der Waals surface area contributed by atoms with E-state index < -0.39 is 54.3 Å². The lowest BCUT2D eigenvalue weighted by atomic mass is 10.3. The van der Waals surface area contributed by atoms with Gasteiger partial charge in [-0.1, -0.05) is 12.1 Å². The first-order valence-electron chi connectivity index (χ1n) is 5.39. The highest BCUT2D eigenvalue weighted by molar-refractivity contribution is 7.93. The smallest absolute Gasteiger partial charge is 0.341 e. The van der Waals surface area contributed by atoms with Crippen molar-refractivity contribution in [2.45, 2.75) is 17.1 Å². The van der Waals surface area contributed by atoms with Gasteiger partial charge >= 0.3 is 11.7 Å². The van der Waals surface area contributed by atoms with Crippen LogP contribution in [0.25, 0.3) is 0 Å². The molecule has 118 valence electrons. The molecule has 0 radical (unpaired) electrons. The Kier molecular flexibility index (Phi) is 5.23. The van der Waals surface area contributed by atoms with Crippen molar-refractivity contribution in [2.24, 2.45) is 0 Å². The van der Waals surface area contributed by atoms with Gasteiger partial charge in [-0.15, -0.1) is 0 Å². The molecular weight excluding hydrogens is 332 g/mol. The van der Waals surface area contributed by atoms with Crippen LogP contribution in [0.15, 0.2) is 29.2 Å². The summed E-state index contributed by atoms with van der Waals surface area (Å²) in [5.74, 6) is -5.89. The number of carbonyl (C=O) groups is 1. The van der Waals surface area contributed by atoms with Crippen molar-refractivity contribution in [1.29, 1.82) is 0 Å². The van der Waals surface area contributed by atoms with Gasteiger partial charge in [0.1, 0.15) is 0 Å². The second kappa shape index (κ2) is 6.35. The molecule has 0 amide bonds. The quantitative estimate of drug-likeness (QED) is 0.759. The Hall–Kier alpha value is -1.75. The molecule has 0 heterocycles. The van der Waals surface area contributed by atoms with Crippen LogP contribution in [-0.4, -0.2) is 39.4 Å². The molecule has 2 N–H and O–H groups in total. The van der Waals surface area contributed by atoms with Gasteiger partial charge in [-0.2, -0.15) is 8.78 Å². The first-order valence-corrected chi connectivity index (χ1v) is 8.59. The van der Waals surface area contributed by atoms with Gasteiger partial charge in [0.25, 0.3) is 0 Å². The summed E-state index contributed by atoms with van der Waals surface area (Å²) in [6.45, 7) is 0. The predicted octanol–water partition coefficient (Wildman–Crippen LogP) is 0.899. The summed E-state index contributed by atoms with van der Waals surface area (Å²) >= 11 is 0. The van der Waals surface area contributed by atoms with Crippen molar-refractivity contribution in [3.63, 3.8) is 0 Å². The molecule has 0 aliphatic heterocycles. The van der Waals surface area contributed by atoms with Gasteiger partial charge in [-0.25, -0.2) is 16.8 Å². The fraction of sp³-hybridized carbons (Fsp3) is 0.300. The predicted molar refractivity (Wildman–Crippen MR) is 69.3 cm³/mol. The van der Waals surface area contributed by atoms with Gasteiger partial charge < -0.3 is 5.11 Å². The number of hydrogen-bond acceptors (Lipinski definition) is 5. The summed E-state index contributed by atoms with van der Waals surface area (Å²) in [7, 11) is -9.17. The highest BCUT2D eigenvalue weighted by atomic mass is 32.2. The maximum atomic E-state index is 12.5. The summed E-state index contributed by atoms with van der Waals surface area (Å²) in [5, 5.41) is 8.41. The first-order chi connectivity index (χ1) is 9.56. The maximum Gasteiger partial charge on any atom is 0.341 e. The Bertz CT molecular complexity index is 730. The summed E-state index contributed by atoms with van der Waals surface area (Å²) in [4.78, 5) is 9.45. The van der Waals surface area contributed by atoms with Crippen molar-refractivity contribution < 1.29 is 35.5 Å². The van der Waals surface area contributed by atoms with Crippen molar-refractivity contribution in [3.05, 3.63) is 24.3 Å². The molecule has 0 spiro atoms. The monoisotopic (exact) mass is 343 g/mol. The van der Waals surface area contributed by atoms with Crippen molar-refractivity contribution in [1.82, 2.24) is 0 Å². The fourth-order valence-electron chi connectivity index (χ4n) is 1.34. The molecule has 11 heteroatoms. The van der Waals surface area contributed by atoms with E-state index in [1.807, 2.05) is 0 Å².